The van der Waals surface area contributed by atoms with Gasteiger partial charge in [0.25, 0.3) is 5.91 Å². The van der Waals surface area contributed by atoms with Crippen molar-refractivity contribution in [3.05, 3.63) is 65.6 Å². The maximum Gasteiger partial charge on any atom is 0.274 e. The minimum atomic E-state index is -0.104. The molecule has 1 N–H and O–H groups in total. The quantitative estimate of drug-likeness (QED) is 0.771. The first kappa shape index (κ1) is 15.3. The highest BCUT2D eigenvalue weighted by molar-refractivity contribution is 6.04. The third-order valence-electron chi connectivity index (χ3n) is 3.95. The fourth-order valence-corrected chi connectivity index (χ4v) is 2.83. The summed E-state index contributed by atoms with van der Waals surface area (Å²) in [5.74, 6) is -0.104. The molecule has 0 aliphatic heterocycles. The highest BCUT2D eigenvalue weighted by atomic mass is 16.2. The standard InChI is InChI=1S/C19H21N3O/c1-3-9-16-18(22-13-8-7-12-17(22)20-16)19(23)21-15-11-6-5-10-14(15)4-2/h5-8,10-13H,3-4,9H2,1-2H3,(H,21,23). The summed E-state index contributed by atoms with van der Waals surface area (Å²) in [7, 11) is 0. The molecule has 2 aromatic heterocycles. The van der Waals surface area contributed by atoms with Crippen molar-refractivity contribution in [3.63, 3.8) is 0 Å². The van der Waals surface area contributed by atoms with Crippen molar-refractivity contribution in [2.45, 2.75) is 33.1 Å². The number of carbonyl (C=O) groups is 1. The number of rotatable bonds is 5. The van der Waals surface area contributed by atoms with E-state index < -0.39 is 0 Å². The van der Waals surface area contributed by atoms with E-state index in [1.807, 2.05) is 53.1 Å². The van der Waals surface area contributed by atoms with Gasteiger partial charge in [0, 0.05) is 11.9 Å². The van der Waals surface area contributed by atoms with E-state index in [1.165, 1.54) is 0 Å². The van der Waals surface area contributed by atoms with Crippen molar-refractivity contribution in [1.29, 1.82) is 0 Å². The van der Waals surface area contributed by atoms with Gasteiger partial charge in [-0.3, -0.25) is 9.20 Å². The Morgan fingerprint density at radius 1 is 1.13 bits per heavy atom. The van der Waals surface area contributed by atoms with Gasteiger partial charge in [0.1, 0.15) is 11.3 Å². The molecule has 1 aromatic carbocycles. The van der Waals surface area contributed by atoms with Gasteiger partial charge in [0.15, 0.2) is 0 Å². The zero-order valence-corrected chi connectivity index (χ0v) is 13.5. The summed E-state index contributed by atoms with van der Waals surface area (Å²) in [4.78, 5) is 17.5. The monoisotopic (exact) mass is 307 g/mol. The number of anilines is 1. The van der Waals surface area contributed by atoms with Crippen LogP contribution in [-0.2, 0) is 12.8 Å². The number of hydrogen-bond donors (Lipinski definition) is 1. The first-order valence-corrected chi connectivity index (χ1v) is 8.09. The normalized spacial score (nSPS) is 10.9. The second kappa shape index (κ2) is 6.65. The summed E-state index contributed by atoms with van der Waals surface area (Å²) >= 11 is 0. The van der Waals surface area contributed by atoms with Gasteiger partial charge in [0.05, 0.1) is 5.69 Å². The lowest BCUT2D eigenvalue weighted by atomic mass is 10.1. The first-order valence-electron chi connectivity index (χ1n) is 8.09. The third-order valence-corrected chi connectivity index (χ3v) is 3.95. The Bertz CT molecular complexity index is 836. The number of para-hydroxylation sites is 1. The molecular formula is C19H21N3O. The minimum absolute atomic E-state index is 0.104. The first-order chi connectivity index (χ1) is 11.2. The summed E-state index contributed by atoms with van der Waals surface area (Å²) < 4.78 is 1.87. The van der Waals surface area contributed by atoms with Gasteiger partial charge >= 0.3 is 0 Å². The molecule has 4 nitrogen and oxygen atoms in total. The molecule has 0 fully saturated rings. The van der Waals surface area contributed by atoms with Crippen molar-refractivity contribution >= 4 is 17.2 Å². The van der Waals surface area contributed by atoms with Crippen LogP contribution in [0.15, 0.2) is 48.7 Å². The highest BCUT2D eigenvalue weighted by Crippen LogP contribution is 2.19. The molecule has 0 aliphatic rings. The molecule has 3 rings (SSSR count). The van der Waals surface area contributed by atoms with Gasteiger partial charge in [-0.15, -0.1) is 0 Å². The van der Waals surface area contributed by atoms with E-state index in [2.05, 4.69) is 24.1 Å². The van der Waals surface area contributed by atoms with E-state index >= 15 is 0 Å². The van der Waals surface area contributed by atoms with Crippen molar-refractivity contribution in [2.75, 3.05) is 5.32 Å². The van der Waals surface area contributed by atoms with E-state index in [0.29, 0.717) is 5.69 Å². The zero-order valence-electron chi connectivity index (χ0n) is 13.5. The van der Waals surface area contributed by atoms with Crippen LogP contribution >= 0.6 is 0 Å². The van der Waals surface area contributed by atoms with E-state index in [9.17, 15) is 4.79 Å². The number of imidazole rings is 1. The van der Waals surface area contributed by atoms with Crippen LogP contribution in [0.25, 0.3) is 5.65 Å². The molecule has 4 heteroatoms. The molecule has 118 valence electrons. The fraction of sp³-hybridized carbons (Fsp3) is 0.263. The van der Waals surface area contributed by atoms with Crippen molar-refractivity contribution in [2.24, 2.45) is 0 Å². The smallest absolute Gasteiger partial charge is 0.274 e. The van der Waals surface area contributed by atoms with E-state index in [0.717, 1.165) is 41.9 Å². The summed E-state index contributed by atoms with van der Waals surface area (Å²) in [6.07, 6.45) is 4.52. The summed E-state index contributed by atoms with van der Waals surface area (Å²) in [6, 6.07) is 13.7. The number of benzene rings is 1. The maximum atomic E-state index is 12.9. The van der Waals surface area contributed by atoms with Crippen LogP contribution < -0.4 is 5.32 Å². The van der Waals surface area contributed by atoms with Gasteiger partial charge < -0.3 is 5.32 Å². The highest BCUT2D eigenvalue weighted by Gasteiger charge is 2.19. The van der Waals surface area contributed by atoms with Gasteiger partial charge in [-0.1, -0.05) is 44.5 Å². The van der Waals surface area contributed by atoms with Crippen LogP contribution in [0.5, 0.6) is 0 Å². The molecule has 0 bridgehead atoms. The number of nitrogens with zero attached hydrogens (tertiary/aromatic N) is 2. The fourth-order valence-electron chi connectivity index (χ4n) is 2.83. The molecule has 23 heavy (non-hydrogen) atoms. The molecule has 0 spiro atoms. The largest absolute Gasteiger partial charge is 0.320 e. The maximum absolute atomic E-state index is 12.9. The van der Waals surface area contributed by atoms with Crippen LogP contribution in [0.1, 0.15) is 42.0 Å². The predicted molar refractivity (Wildman–Crippen MR) is 93.0 cm³/mol. The van der Waals surface area contributed by atoms with Crippen LogP contribution in [0.4, 0.5) is 5.69 Å². The molecule has 1 amide bonds. The summed E-state index contributed by atoms with van der Waals surface area (Å²) in [5.41, 5.74) is 4.29. The lowest BCUT2D eigenvalue weighted by molar-refractivity contribution is 0.102. The average molecular weight is 307 g/mol. The zero-order chi connectivity index (χ0) is 16.2. The van der Waals surface area contributed by atoms with Gasteiger partial charge in [-0.25, -0.2) is 4.98 Å². The number of amides is 1. The lowest BCUT2D eigenvalue weighted by Gasteiger charge is -2.10. The van der Waals surface area contributed by atoms with E-state index in [4.69, 9.17) is 0 Å². The Morgan fingerprint density at radius 3 is 2.70 bits per heavy atom. The molecule has 0 atom stereocenters. The minimum Gasteiger partial charge on any atom is -0.320 e. The van der Waals surface area contributed by atoms with Crippen LogP contribution in [0.2, 0.25) is 0 Å². The Kier molecular flexibility index (Phi) is 4.42. The molecular weight excluding hydrogens is 286 g/mol. The van der Waals surface area contributed by atoms with Gasteiger partial charge in [-0.05, 0) is 36.6 Å². The summed E-state index contributed by atoms with van der Waals surface area (Å²) in [5, 5.41) is 3.06. The van der Waals surface area contributed by atoms with Crippen molar-refractivity contribution in [3.8, 4) is 0 Å². The number of carbonyl (C=O) groups excluding carboxylic acids is 1. The van der Waals surface area contributed by atoms with Crippen molar-refractivity contribution in [1.82, 2.24) is 9.38 Å². The van der Waals surface area contributed by atoms with Crippen LogP contribution in [0.3, 0.4) is 0 Å². The Labute approximate surface area is 136 Å². The van der Waals surface area contributed by atoms with Crippen molar-refractivity contribution < 1.29 is 4.79 Å². The number of pyridine rings is 1. The van der Waals surface area contributed by atoms with Crippen LogP contribution in [-0.4, -0.2) is 15.3 Å². The topological polar surface area (TPSA) is 46.4 Å². The number of aromatic nitrogens is 2. The molecule has 0 saturated heterocycles. The second-order valence-corrected chi connectivity index (χ2v) is 5.55. The molecule has 0 saturated carbocycles. The molecule has 0 unspecified atom stereocenters. The number of fused-ring (bicyclic) bond motifs is 1. The predicted octanol–water partition coefficient (Wildman–Crippen LogP) is 4.10. The number of nitrogens with one attached hydrogen (secondary N) is 1. The van der Waals surface area contributed by atoms with Gasteiger partial charge in [0.2, 0.25) is 0 Å². The Hall–Kier alpha value is -2.62. The SMILES string of the molecule is CCCc1nc2ccccn2c1C(=O)Nc1ccccc1CC. The average Bonchev–Trinajstić information content (AvgIpc) is 2.93. The molecule has 0 aliphatic carbocycles. The number of aryl methyl sites for hydroxylation is 2. The number of hydrogen-bond acceptors (Lipinski definition) is 2. The van der Waals surface area contributed by atoms with Gasteiger partial charge in [-0.2, -0.15) is 0 Å². The van der Waals surface area contributed by atoms with E-state index in [1.54, 1.807) is 0 Å². The van der Waals surface area contributed by atoms with E-state index in [-0.39, 0.29) is 5.91 Å². The molecule has 0 radical (unpaired) electrons. The van der Waals surface area contributed by atoms with Crippen LogP contribution in [0, 0.1) is 0 Å². The summed E-state index contributed by atoms with van der Waals surface area (Å²) in [6.45, 7) is 4.18. The molecule has 2 heterocycles. The second-order valence-electron chi connectivity index (χ2n) is 5.55. The lowest BCUT2D eigenvalue weighted by Crippen LogP contribution is -2.17. The Balaban J connectivity index is 2.01. The Morgan fingerprint density at radius 2 is 1.91 bits per heavy atom. The molecule has 3 aromatic rings. The third kappa shape index (κ3) is 2.97.